The van der Waals surface area contributed by atoms with E-state index in [0.29, 0.717) is 39.6 Å². The summed E-state index contributed by atoms with van der Waals surface area (Å²) in [5.74, 6) is 0.863. The van der Waals surface area contributed by atoms with Gasteiger partial charge in [0.05, 0.1) is 33.0 Å². The zero-order valence-corrected chi connectivity index (χ0v) is 16.2. The Bertz CT molecular complexity index is 409. The molecule has 0 aromatic heterocycles. The average Bonchev–Trinajstić information content (AvgIpc) is 2.62. The summed E-state index contributed by atoms with van der Waals surface area (Å²) in [7, 11) is 4.04. The highest BCUT2D eigenvalue weighted by atomic mass is 16.6. The number of nitrogens with zero attached hydrogens (tertiary/aromatic N) is 1. The predicted octanol–water partition coefficient (Wildman–Crippen LogP) is 3.76. The Morgan fingerprint density at radius 1 is 0.680 bits per heavy atom. The van der Waals surface area contributed by atoms with Crippen molar-refractivity contribution in [3.8, 4) is 5.75 Å². The third kappa shape index (κ3) is 11.8. The van der Waals surface area contributed by atoms with Gasteiger partial charge in [0.15, 0.2) is 0 Å². The van der Waals surface area contributed by atoms with Crippen molar-refractivity contribution in [1.82, 2.24) is 0 Å². The van der Waals surface area contributed by atoms with Gasteiger partial charge in [-0.1, -0.05) is 26.2 Å². The third-order valence-corrected chi connectivity index (χ3v) is 3.74. The van der Waals surface area contributed by atoms with Crippen molar-refractivity contribution >= 4 is 5.69 Å². The molecule has 0 amide bonds. The van der Waals surface area contributed by atoms with Crippen LogP contribution >= 0.6 is 0 Å². The minimum absolute atomic E-state index is 0.544. The van der Waals surface area contributed by atoms with Gasteiger partial charge in [0.1, 0.15) is 12.4 Å². The molecule has 0 radical (unpaired) electrons. The van der Waals surface area contributed by atoms with E-state index in [-0.39, 0.29) is 0 Å². The zero-order valence-electron chi connectivity index (χ0n) is 16.2. The van der Waals surface area contributed by atoms with E-state index < -0.39 is 0 Å². The molecule has 0 aliphatic heterocycles. The number of ether oxygens (including phenoxy) is 4. The van der Waals surface area contributed by atoms with Crippen molar-refractivity contribution in [2.75, 3.05) is 65.2 Å². The van der Waals surface area contributed by atoms with Crippen LogP contribution in [0.15, 0.2) is 24.3 Å². The molecule has 144 valence electrons. The summed E-state index contributed by atoms with van der Waals surface area (Å²) in [4.78, 5) is 2.06. The first kappa shape index (κ1) is 21.7. The van der Waals surface area contributed by atoms with Crippen LogP contribution in [0.2, 0.25) is 0 Å². The highest BCUT2D eigenvalue weighted by Crippen LogP contribution is 2.17. The number of anilines is 1. The summed E-state index contributed by atoms with van der Waals surface area (Å²) < 4.78 is 22.1. The van der Waals surface area contributed by atoms with Crippen LogP contribution in [0.5, 0.6) is 5.75 Å². The van der Waals surface area contributed by atoms with Gasteiger partial charge in [-0.05, 0) is 30.7 Å². The van der Waals surface area contributed by atoms with E-state index >= 15 is 0 Å². The number of rotatable bonds is 16. The van der Waals surface area contributed by atoms with E-state index in [2.05, 4.69) is 11.8 Å². The Morgan fingerprint density at radius 2 is 1.24 bits per heavy atom. The third-order valence-electron chi connectivity index (χ3n) is 3.74. The van der Waals surface area contributed by atoms with Crippen LogP contribution in [-0.2, 0) is 14.2 Å². The first-order valence-electron chi connectivity index (χ1n) is 9.37. The maximum atomic E-state index is 5.64. The lowest BCUT2D eigenvalue weighted by Crippen LogP contribution is -2.13. The van der Waals surface area contributed by atoms with Gasteiger partial charge < -0.3 is 23.8 Å². The normalized spacial score (nSPS) is 10.8. The molecular formula is C20H35NO4. The molecule has 1 aromatic carbocycles. The van der Waals surface area contributed by atoms with E-state index in [9.17, 15) is 0 Å². The smallest absolute Gasteiger partial charge is 0.119 e. The minimum Gasteiger partial charge on any atom is -0.491 e. The van der Waals surface area contributed by atoms with Gasteiger partial charge >= 0.3 is 0 Å². The second kappa shape index (κ2) is 15.0. The van der Waals surface area contributed by atoms with Gasteiger partial charge in [0.2, 0.25) is 0 Å². The van der Waals surface area contributed by atoms with Crippen molar-refractivity contribution in [2.24, 2.45) is 0 Å². The van der Waals surface area contributed by atoms with Crippen LogP contribution in [0.3, 0.4) is 0 Å². The lowest BCUT2D eigenvalue weighted by atomic mass is 10.2. The SMILES string of the molecule is CCCCCCOCCOCCOCCOc1ccc(N(C)C)cc1. The summed E-state index contributed by atoms with van der Waals surface area (Å²) in [6, 6.07) is 8.02. The van der Waals surface area contributed by atoms with Crippen LogP contribution < -0.4 is 9.64 Å². The Hall–Kier alpha value is -1.30. The maximum Gasteiger partial charge on any atom is 0.119 e. The standard InChI is InChI=1S/C20H35NO4/c1-4-5-6-7-12-22-13-14-23-15-16-24-17-18-25-20-10-8-19(9-11-20)21(2)3/h8-11H,4-7,12-18H2,1-3H3. The fraction of sp³-hybridized carbons (Fsp3) is 0.700. The zero-order chi connectivity index (χ0) is 18.2. The van der Waals surface area contributed by atoms with Crippen molar-refractivity contribution < 1.29 is 18.9 Å². The van der Waals surface area contributed by atoms with Gasteiger partial charge in [0, 0.05) is 26.4 Å². The molecular weight excluding hydrogens is 318 g/mol. The Kier molecular flexibility index (Phi) is 13.0. The molecule has 0 saturated heterocycles. The molecule has 0 N–H and O–H groups in total. The monoisotopic (exact) mass is 353 g/mol. The summed E-state index contributed by atoms with van der Waals surface area (Å²) in [6.45, 7) is 6.63. The summed E-state index contributed by atoms with van der Waals surface area (Å²) in [5.41, 5.74) is 1.16. The second-order valence-electron chi connectivity index (χ2n) is 6.13. The number of hydrogen-bond donors (Lipinski definition) is 0. The molecule has 1 aromatic rings. The van der Waals surface area contributed by atoms with Crippen LogP contribution in [0, 0.1) is 0 Å². The van der Waals surface area contributed by atoms with Gasteiger partial charge in [-0.2, -0.15) is 0 Å². The largest absolute Gasteiger partial charge is 0.491 e. The Balaban J connectivity index is 1.84. The first-order chi connectivity index (χ1) is 12.2. The fourth-order valence-electron chi connectivity index (χ4n) is 2.23. The van der Waals surface area contributed by atoms with Crippen LogP contribution in [0.25, 0.3) is 0 Å². The number of benzene rings is 1. The van der Waals surface area contributed by atoms with E-state index in [4.69, 9.17) is 18.9 Å². The molecule has 5 nitrogen and oxygen atoms in total. The van der Waals surface area contributed by atoms with E-state index in [1.807, 2.05) is 38.4 Å². The lowest BCUT2D eigenvalue weighted by Gasteiger charge is -2.13. The molecule has 1 rings (SSSR count). The lowest BCUT2D eigenvalue weighted by molar-refractivity contribution is 0.00879. The van der Waals surface area contributed by atoms with E-state index in [1.165, 1.54) is 19.3 Å². The maximum absolute atomic E-state index is 5.64. The quantitative estimate of drug-likeness (QED) is 0.423. The van der Waals surface area contributed by atoms with Crippen molar-refractivity contribution in [3.05, 3.63) is 24.3 Å². The topological polar surface area (TPSA) is 40.2 Å². The molecule has 0 fully saturated rings. The van der Waals surface area contributed by atoms with Crippen molar-refractivity contribution in [2.45, 2.75) is 32.6 Å². The van der Waals surface area contributed by atoms with Crippen molar-refractivity contribution in [1.29, 1.82) is 0 Å². The highest BCUT2D eigenvalue weighted by molar-refractivity contribution is 5.47. The molecule has 0 saturated carbocycles. The average molecular weight is 354 g/mol. The fourth-order valence-corrected chi connectivity index (χ4v) is 2.23. The van der Waals surface area contributed by atoms with Crippen LogP contribution in [0.1, 0.15) is 32.6 Å². The molecule has 25 heavy (non-hydrogen) atoms. The Morgan fingerprint density at radius 3 is 1.80 bits per heavy atom. The molecule has 0 atom stereocenters. The molecule has 0 bridgehead atoms. The molecule has 5 heteroatoms. The molecule has 0 heterocycles. The van der Waals surface area contributed by atoms with E-state index in [1.54, 1.807) is 0 Å². The highest BCUT2D eigenvalue weighted by Gasteiger charge is 1.97. The van der Waals surface area contributed by atoms with E-state index in [0.717, 1.165) is 24.5 Å². The number of hydrogen-bond acceptors (Lipinski definition) is 5. The number of unbranched alkanes of at least 4 members (excludes halogenated alkanes) is 3. The van der Waals surface area contributed by atoms with Crippen LogP contribution in [0.4, 0.5) is 5.69 Å². The van der Waals surface area contributed by atoms with Gasteiger partial charge in [0.25, 0.3) is 0 Å². The first-order valence-corrected chi connectivity index (χ1v) is 9.37. The molecule has 0 aliphatic rings. The summed E-state index contributed by atoms with van der Waals surface area (Å²) in [5, 5.41) is 0. The second-order valence-corrected chi connectivity index (χ2v) is 6.13. The van der Waals surface area contributed by atoms with Gasteiger partial charge in [-0.3, -0.25) is 0 Å². The van der Waals surface area contributed by atoms with Crippen molar-refractivity contribution in [3.63, 3.8) is 0 Å². The summed E-state index contributed by atoms with van der Waals surface area (Å²) in [6.07, 6.45) is 4.96. The van der Waals surface area contributed by atoms with Gasteiger partial charge in [-0.25, -0.2) is 0 Å². The molecule has 0 spiro atoms. The molecule has 0 aliphatic carbocycles. The summed E-state index contributed by atoms with van der Waals surface area (Å²) >= 11 is 0. The molecule has 0 unspecified atom stereocenters. The minimum atomic E-state index is 0.544. The Labute approximate surface area is 153 Å². The predicted molar refractivity (Wildman–Crippen MR) is 103 cm³/mol. The van der Waals surface area contributed by atoms with Gasteiger partial charge in [-0.15, -0.1) is 0 Å². The van der Waals surface area contributed by atoms with Crippen LogP contribution in [-0.4, -0.2) is 60.3 Å².